The van der Waals surface area contributed by atoms with Crippen LogP contribution in [-0.2, 0) is 4.74 Å². The van der Waals surface area contributed by atoms with Crippen molar-refractivity contribution in [3.8, 4) is 0 Å². The Labute approximate surface area is 166 Å². The molecule has 1 fully saturated rings. The highest BCUT2D eigenvalue weighted by Crippen LogP contribution is 2.27. The average Bonchev–Trinajstić information content (AvgIpc) is 2.75. The molecule has 0 amide bonds. The molecule has 29 heavy (non-hydrogen) atoms. The van der Waals surface area contributed by atoms with Crippen LogP contribution in [0.3, 0.4) is 0 Å². The Kier molecular flexibility index (Phi) is 5.92. The highest BCUT2D eigenvalue weighted by Gasteiger charge is 2.23. The number of nitrogens with zero attached hydrogens (tertiary/aromatic N) is 3. The number of morpholine rings is 1. The molecule has 1 aromatic heterocycles. The molecule has 1 N–H and O–H groups in total. The van der Waals surface area contributed by atoms with Crippen LogP contribution in [0.15, 0.2) is 48.5 Å². The SMILES string of the molecule is Fc1ccc(C(CNc2nc(C(F)F)nc3ccccc23)N2CCOCC2)cc1. The van der Waals surface area contributed by atoms with E-state index < -0.39 is 12.2 Å². The van der Waals surface area contributed by atoms with E-state index in [4.69, 9.17) is 4.74 Å². The number of hydrogen-bond acceptors (Lipinski definition) is 5. The monoisotopic (exact) mass is 402 g/mol. The lowest BCUT2D eigenvalue weighted by atomic mass is 10.0. The number of alkyl halides is 2. The van der Waals surface area contributed by atoms with Gasteiger partial charge in [0.2, 0.25) is 0 Å². The third-order valence-corrected chi connectivity index (χ3v) is 5.02. The second kappa shape index (κ2) is 8.75. The summed E-state index contributed by atoms with van der Waals surface area (Å²) >= 11 is 0. The molecule has 1 aliphatic heterocycles. The number of para-hydroxylation sites is 1. The van der Waals surface area contributed by atoms with Crippen LogP contribution in [0.5, 0.6) is 0 Å². The standard InChI is InChI=1S/C21H21F3N4O/c22-15-7-5-14(6-8-15)18(28-9-11-29-12-10-28)13-25-20-16-3-1-2-4-17(16)26-21(27-20)19(23)24/h1-8,18-19H,9-13H2,(H,25,26,27). The summed E-state index contributed by atoms with van der Waals surface area (Å²) in [4.78, 5) is 10.2. The predicted molar refractivity (Wildman–Crippen MR) is 105 cm³/mol. The van der Waals surface area contributed by atoms with Crippen LogP contribution in [0, 0.1) is 5.82 Å². The van der Waals surface area contributed by atoms with E-state index in [-0.39, 0.29) is 11.9 Å². The van der Waals surface area contributed by atoms with Crippen molar-refractivity contribution in [2.45, 2.75) is 12.5 Å². The second-order valence-corrected chi connectivity index (χ2v) is 6.84. The first-order chi connectivity index (χ1) is 14.1. The van der Waals surface area contributed by atoms with Crippen LogP contribution >= 0.6 is 0 Å². The van der Waals surface area contributed by atoms with Gasteiger partial charge < -0.3 is 10.1 Å². The number of nitrogens with one attached hydrogen (secondary N) is 1. The van der Waals surface area contributed by atoms with Crippen LogP contribution in [0.2, 0.25) is 0 Å². The van der Waals surface area contributed by atoms with E-state index in [1.54, 1.807) is 30.3 Å². The number of rotatable bonds is 6. The molecule has 0 bridgehead atoms. The van der Waals surface area contributed by atoms with E-state index in [1.165, 1.54) is 12.1 Å². The van der Waals surface area contributed by atoms with Crippen molar-refractivity contribution in [1.29, 1.82) is 0 Å². The second-order valence-electron chi connectivity index (χ2n) is 6.84. The molecule has 5 nitrogen and oxygen atoms in total. The smallest absolute Gasteiger partial charge is 0.297 e. The quantitative estimate of drug-likeness (QED) is 0.670. The molecule has 1 saturated heterocycles. The number of halogens is 3. The van der Waals surface area contributed by atoms with Gasteiger partial charge in [0.05, 0.1) is 24.8 Å². The minimum absolute atomic E-state index is 0.0803. The van der Waals surface area contributed by atoms with Gasteiger partial charge in [-0.2, -0.15) is 0 Å². The van der Waals surface area contributed by atoms with E-state index in [2.05, 4.69) is 20.2 Å². The third kappa shape index (κ3) is 4.49. The molecule has 152 valence electrons. The fourth-order valence-corrected chi connectivity index (χ4v) is 3.55. The van der Waals surface area contributed by atoms with E-state index in [0.717, 1.165) is 18.7 Å². The maximum absolute atomic E-state index is 13.4. The molecule has 1 aliphatic rings. The first-order valence-electron chi connectivity index (χ1n) is 9.48. The number of hydrogen-bond donors (Lipinski definition) is 1. The summed E-state index contributed by atoms with van der Waals surface area (Å²) in [5, 5.41) is 3.91. The van der Waals surface area contributed by atoms with Gasteiger partial charge in [0.25, 0.3) is 6.43 Å². The summed E-state index contributed by atoms with van der Waals surface area (Å²) in [5.41, 5.74) is 1.40. The molecule has 0 radical (unpaired) electrons. The molecule has 2 heterocycles. The van der Waals surface area contributed by atoms with Crippen LogP contribution in [0.25, 0.3) is 10.9 Å². The zero-order valence-electron chi connectivity index (χ0n) is 15.7. The Morgan fingerprint density at radius 1 is 1.00 bits per heavy atom. The van der Waals surface area contributed by atoms with Gasteiger partial charge in [-0.1, -0.05) is 24.3 Å². The Morgan fingerprint density at radius 2 is 1.72 bits per heavy atom. The van der Waals surface area contributed by atoms with Gasteiger partial charge in [0.1, 0.15) is 11.6 Å². The van der Waals surface area contributed by atoms with Crippen molar-refractivity contribution in [2.24, 2.45) is 0 Å². The van der Waals surface area contributed by atoms with Crippen molar-refractivity contribution in [3.63, 3.8) is 0 Å². The fraction of sp³-hybridized carbons (Fsp3) is 0.333. The summed E-state index contributed by atoms with van der Waals surface area (Å²) in [6.45, 7) is 3.12. The van der Waals surface area contributed by atoms with Gasteiger partial charge in [0.15, 0.2) is 5.82 Å². The van der Waals surface area contributed by atoms with E-state index in [0.29, 0.717) is 36.5 Å². The molecule has 4 rings (SSSR count). The largest absolute Gasteiger partial charge is 0.379 e. The maximum atomic E-state index is 13.4. The van der Waals surface area contributed by atoms with Crippen LogP contribution in [-0.4, -0.2) is 47.7 Å². The van der Waals surface area contributed by atoms with Crippen molar-refractivity contribution >= 4 is 16.7 Å². The molecule has 0 saturated carbocycles. The summed E-state index contributed by atoms with van der Waals surface area (Å²) < 4.78 is 45.4. The lowest BCUT2D eigenvalue weighted by Gasteiger charge is -2.35. The van der Waals surface area contributed by atoms with Crippen molar-refractivity contribution in [3.05, 3.63) is 65.7 Å². The summed E-state index contributed by atoms with van der Waals surface area (Å²) in [5.74, 6) is -0.437. The first kappa shape index (κ1) is 19.6. The molecule has 2 aromatic carbocycles. The van der Waals surface area contributed by atoms with Crippen molar-refractivity contribution in [2.75, 3.05) is 38.2 Å². The lowest BCUT2D eigenvalue weighted by molar-refractivity contribution is 0.0187. The minimum Gasteiger partial charge on any atom is -0.379 e. The Hall–Kier alpha value is -2.71. The molecule has 8 heteroatoms. The molecule has 0 aliphatic carbocycles. The predicted octanol–water partition coefficient (Wildman–Crippen LogP) is 4.19. The summed E-state index contributed by atoms with van der Waals surface area (Å²) in [6.07, 6.45) is -2.76. The zero-order valence-corrected chi connectivity index (χ0v) is 15.7. The molecular weight excluding hydrogens is 381 g/mol. The molecule has 3 aromatic rings. The number of anilines is 1. The maximum Gasteiger partial charge on any atom is 0.297 e. The van der Waals surface area contributed by atoms with Gasteiger partial charge in [-0.05, 0) is 29.8 Å². The van der Waals surface area contributed by atoms with Crippen LogP contribution < -0.4 is 5.32 Å². The number of benzene rings is 2. The Balaban J connectivity index is 1.64. The zero-order chi connectivity index (χ0) is 20.2. The van der Waals surface area contributed by atoms with E-state index in [9.17, 15) is 13.2 Å². The third-order valence-electron chi connectivity index (χ3n) is 5.02. The Bertz CT molecular complexity index is 962. The normalized spacial score (nSPS) is 16.3. The van der Waals surface area contributed by atoms with E-state index >= 15 is 0 Å². The van der Waals surface area contributed by atoms with Crippen LogP contribution in [0.4, 0.5) is 19.0 Å². The van der Waals surface area contributed by atoms with Crippen molar-refractivity contribution < 1.29 is 17.9 Å². The molecule has 0 spiro atoms. The summed E-state index contributed by atoms with van der Waals surface area (Å²) in [7, 11) is 0. The number of fused-ring (bicyclic) bond motifs is 1. The Morgan fingerprint density at radius 3 is 2.45 bits per heavy atom. The average molecular weight is 402 g/mol. The van der Waals surface area contributed by atoms with Gasteiger partial charge >= 0.3 is 0 Å². The van der Waals surface area contributed by atoms with Gasteiger partial charge in [-0.3, -0.25) is 4.90 Å². The van der Waals surface area contributed by atoms with Crippen LogP contribution in [0.1, 0.15) is 23.9 Å². The molecule has 1 unspecified atom stereocenters. The number of aromatic nitrogens is 2. The fourth-order valence-electron chi connectivity index (χ4n) is 3.55. The van der Waals surface area contributed by atoms with Gasteiger partial charge in [-0.15, -0.1) is 0 Å². The van der Waals surface area contributed by atoms with Crippen molar-refractivity contribution in [1.82, 2.24) is 14.9 Å². The van der Waals surface area contributed by atoms with Gasteiger partial charge in [0, 0.05) is 25.0 Å². The number of ether oxygens (including phenoxy) is 1. The van der Waals surface area contributed by atoms with Gasteiger partial charge in [-0.25, -0.2) is 23.1 Å². The molecular formula is C21H21F3N4O. The highest BCUT2D eigenvalue weighted by molar-refractivity contribution is 5.89. The topological polar surface area (TPSA) is 50.3 Å². The summed E-state index contributed by atoms with van der Waals surface area (Å²) in [6, 6.07) is 13.3. The minimum atomic E-state index is -2.76. The molecule has 1 atom stereocenters. The van der Waals surface area contributed by atoms with E-state index in [1.807, 2.05) is 6.07 Å². The lowest BCUT2D eigenvalue weighted by Crippen LogP contribution is -2.41. The highest BCUT2D eigenvalue weighted by atomic mass is 19.3. The first-order valence-corrected chi connectivity index (χ1v) is 9.48.